The van der Waals surface area contributed by atoms with Crippen LogP contribution in [0.5, 0.6) is 0 Å². The molecule has 0 saturated carbocycles. The molecule has 0 aliphatic rings. The van der Waals surface area contributed by atoms with Crippen molar-refractivity contribution in [2.75, 3.05) is 0 Å². The van der Waals surface area contributed by atoms with Gasteiger partial charge in [-0.15, -0.1) is 11.3 Å². The molecule has 2 N–H and O–H groups in total. The summed E-state index contributed by atoms with van der Waals surface area (Å²) in [4.78, 5) is 1.24. The Morgan fingerprint density at radius 1 is 1.44 bits per heavy atom. The van der Waals surface area contributed by atoms with E-state index in [1.807, 2.05) is 4.68 Å². The zero-order valence-electron chi connectivity index (χ0n) is 9.95. The predicted octanol–water partition coefficient (Wildman–Crippen LogP) is 2.71. The largest absolute Gasteiger partial charge is 0.326 e. The maximum atomic E-state index is 5.76. The van der Waals surface area contributed by atoms with Crippen molar-refractivity contribution in [3.63, 3.8) is 0 Å². The molecular weight excluding hydrogens is 218 g/mol. The molecule has 86 valence electrons. The molecule has 0 fully saturated rings. The van der Waals surface area contributed by atoms with Crippen molar-refractivity contribution in [2.45, 2.75) is 33.9 Å². The summed E-state index contributed by atoms with van der Waals surface area (Å²) in [6.45, 7) is 7.81. The smallest absolute Gasteiger partial charge is 0.0675 e. The molecule has 2 aromatic heterocycles. The number of nitrogens with two attached hydrogens (primary N) is 1. The van der Waals surface area contributed by atoms with Crippen LogP contribution in [0.15, 0.2) is 11.4 Å². The van der Waals surface area contributed by atoms with Gasteiger partial charge in [0.05, 0.1) is 5.69 Å². The molecule has 0 spiro atoms. The summed E-state index contributed by atoms with van der Waals surface area (Å²) in [6.07, 6.45) is 0. The van der Waals surface area contributed by atoms with Crippen LogP contribution in [-0.4, -0.2) is 9.78 Å². The zero-order valence-corrected chi connectivity index (χ0v) is 10.8. The van der Waals surface area contributed by atoms with E-state index in [-0.39, 0.29) is 0 Å². The maximum Gasteiger partial charge on any atom is 0.0675 e. The van der Waals surface area contributed by atoms with Crippen molar-refractivity contribution in [2.24, 2.45) is 5.73 Å². The Kier molecular flexibility index (Phi) is 3.12. The van der Waals surface area contributed by atoms with Crippen LogP contribution < -0.4 is 5.73 Å². The fourth-order valence-corrected chi connectivity index (χ4v) is 2.88. The molecule has 2 aromatic rings. The lowest BCUT2D eigenvalue weighted by Gasteiger charge is -2.03. The zero-order chi connectivity index (χ0) is 11.7. The summed E-state index contributed by atoms with van der Waals surface area (Å²) < 4.78 is 2.04. The molecule has 0 atom stereocenters. The lowest BCUT2D eigenvalue weighted by molar-refractivity contribution is 0.634. The lowest BCUT2D eigenvalue weighted by Crippen LogP contribution is -1.99. The van der Waals surface area contributed by atoms with E-state index in [1.165, 1.54) is 21.7 Å². The van der Waals surface area contributed by atoms with Crippen LogP contribution in [0.3, 0.4) is 0 Å². The number of aryl methyl sites for hydroxylation is 2. The second-order valence-corrected chi connectivity index (χ2v) is 4.82. The lowest BCUT2D eigenvalue weighted by atomic mass is 10.0. The van der Waals surface area contributed by atoms with Gasteiger partial charge in [-0.1, -0.05) is 0 Å². The second-order valence-electron chi connectivity index (χ2n) is 3.82. The first-order valence-corrected chi connectivity index (χ1v) is 6.37. The third-order valence-electron chi connectivity index (χ3n) is 2.88. The molecule has 0 aliphatic carbocycles. The molecule has 4 heteroatoms. The summed E-state index contributed by atoms with van der Waals surface area (Å²) in [5.74, 6) is 0. The fourth-order valence-electron chi connectivity index (χ4n) is 2.12. The van der Waals surface area contributed by atoms with E-state index < -0.39 is 0 Å². The molecule has 0 aliphatic heterocycles. The van der Waals surface area contributed by atoms with Crippen molar-refractivity contribution in [1.82, 2.24) is 9.78 Å². The molecule has 0 saturated heterocycles. The van der Waals surface area contributed by atoms with Gasteiger partial charge < -0.3 is 5.73 Å². The van der Waals surface area contributed by atoms with Crippen molar-refractivity contribution in [3.05, 3.63) is 27.7 Å². The molecule has 2 heterocycles. The molecule has 0 unspecified atom stereocenters. The minimum atomic E-state index is 0.600. The average molecular weight is 235 g/mol. The summed E-state index contributed by atoms with van der Waals surface area (Å²) in [5, 5.41) is 6.64. The summed E-state index contributed by atoms with van der Waals surface area (Å²) in [6, 6.07) is 2.14. The van der Waals surface area contributed by atoms with Crippen LogP contribution in [0.4, 0.5) is 0 Å². The topological polar surface area (TPSA) is 43.8 Å². The highest BCUT2D eigenvalue weighted by molar-refractivity contribution is 7.10. The van der Waals surface area contributed by atoms with Crippen LogP contribution in [0, 0.1) is 13.8 Å². The van der Waals surface area contributed by atoms with E-state index in [4.69, 9.17) is 5.73 Å². The quantitative estimate of drug-likeness (QED) is 0.889. The number of rotatable bonds is 3. The minimum Gasteiger partial charge on any atom is -0.326 e. The number of nitrogens with zero attached hydrogens (tertiary/aromatic N) is 2. The Morgan fingerprint density at radius 2 is 2.19 bits per heavy atom. The Balaban J connectivity index is 2.60. The summed E-state index contributed by atoms with van der Waals surface area (Å²) in [7, 11) is 0. The van der Waals surface area contributed by atoms with Gasteiger partial charge in [0.25, 0.3) is 0 Å². The number of aromatic nitrogens is 2. The average Bonchev–Trinajstić information content (AvgIpc) is 2.83. The molecule has 2 rings (SSSR count). The van der Waals surface area contributed by atoms with Crippen LogP contribution in [0.1, 0.15) is 23.2 Å². The van der Waals surface area contributed by atoms with Crippen molar-refractivity contribution < 1.29 is 0 Å². The maximum absolute atomic E-state index is 5.76. The van der Waals surface area contributed by atoms with Gasteiger partial charge in [-0.05, 0) is 32.2 Å². The highest BCUT2D eigenvalue weighted by atomic mass is 32.1. The number of hydrogen-bond donors (Lipinski definition) is 1. The first kappa shape index (κ1) is 11.4. The van der Waals surface area contributed by atoms with Gasteiger partial charge in [0.1, 0.15) is 0 Å². The van der Waals surface area contributed by atoms with Gasteiger partial charge in [0.2, 0.25) is 0 Å². The molecule has 0 aromatic carbocycles. The minimum absolute atomic E-state index is 0.600. The molecule has 16 heavy (non-hydrogen) atoms. The monoisotopic (exact) mass is 235 g/mol. The Hall–Kier alpha value is -1.13. The second kappa shape index (κ2) is 4.39. The van der Waals surface area contributed by atoms with Gasteiger partial charge in [0.15, 0.2) is 0 Å². The molecular formula is C12H17N3S. The number of thiophene rings is 1. The van der Waals surface area contributed by atoms with E-state index in [9.17, 15) is 0 Å². The van der Waals surface area contributed by atoms with Gasteiger partial charge >= 0.3 is 0 Å². The normalized spacial score (nSPS) is 11.0. The van der Waals surface area contributed by atoms with Crippen LogP contribution in [0.25, 0.3) is 11.1 Å². The molecule has 0 amide bonds. The molecule has 0 bridgehead atoms. The standard InChI is InChI=1S/C12H17N3S/c1-4-15-9(3)12(8(2)14-15)10-5-6-16-11(10)7-13/h5-6H,4,7,13H2,1-3H3. The Bertz CT molecular complexity index is 496. The van der Waals surface area contributed by atoms with Gasteiger partial charge in [-0.2, -0.15) is 5.10 Å². The Labute approximate surface area is 99.9 Å². The summed E-state index contributed by atoms with van der Waals surface area (Å²) in [5.41, 5.74) is 10.6. The third kappa shape index (κ3) is 1.68. The van der Waals surface area contributed by atoms with E-state index in [0.29, 0.717) is 6.54 Å². The highest BCUT2D eigenvalue weighted by Crippen LogP contribution is 2.32. The highest BCUT2D eigenvalue weighted by Gasteiger charge is 2.15. The first-order valence-electron chi connectivity index (χ1n) is 5.49. The van der Waals surface area contributed by atoms with Gasteiger partial charge in [-0.3, -0.25) is 4.68 Å². The van der Waals surface area contributed by atoms with Crippen LogP contribution >= 0.6 is 11.3 Å². The van der Waals surface area contributed by atoms with E-state index in [0.717, 1.165) is 12.2 Å². The fraction of sp³-hybridized carbons (Fsp3) is 0.417. The van der Waals surface area contributed by atoms with Crippen molar-refractivity contribution in [1.29, 1.82) is 0 Å². The van der Waals surface area contributed by atoms with E-state index >= 15 is 0 Å². The van der Waals surface area contributed by atoms with Gasteiger partial charge in [-0.25, -0.2) is 0 Å². The van der Waals surface area contributed by atoms with Gasteiger partial charge in [0, 0.05) is 34.8 Å². The first-order chi connectivity index (χ1) is 7.69. The van der Waals surface area contributed by atoms with Crippen molar-refractivity contribution >= 4 is 11.3 Å². The predicted molar refractivity (Wildman–Crippen MR) is 68.6 cm³/mol. The summed E-state index contributed by atoms with van der Waals surface area (Å²) >= 11 is 1.72. The van der Waals surface area contributed by atoms with E-state index in [2.05, 4.69) is 37.3 Å². The SMILES string of the molecule is CCn1nc(C)c(-c2ccsc2CN)c1C. The van der Waals surface area contributed by atoms with E-state index in [1.54, 1.807) is 11.3 Å². The van der Waals surface area contributed by atoms with Crippen molar-refractivity contribution in [3.8, 4) is 11.1 Å². The molecule has 0 radical (unpaired) electrons. The Morgan fingerprint density at radius 3 is 2.75 bits per heavy atom. The molecule has 3 nitrogen and oxygen atoms in total. The van der Waals surface area contributed by atoms with Crippen LogP contribution in [-0.2, 0) is 13.1 Å². The third-order valence-corrected chi connectivity index (χ3v) is 3.82. The number of hydrogen-bond acceptors (Lipinski definition) is 3. The van der Waals surface area contributed by atoms with Crippen LogP contribution in [0.2, 0.25) is 0 Å².